The van der Waals surface area contributed by atoms with Crippen molar-refractivity contribution in [2.75, 3.05) is 59.8 Å². The first-order valence-electron chi connectivity index (χ1n) is 29.6. The standard InChI is InChI=1S/C71H79B2N5O7Si/c1-47(2)64(79)25-18-19-37-77(43-51-21-12-16-26-65(51)84-72-81)46-63-56-24-15-14-23-55(56)62(45-78(38-20-36-74-71(80)48(3)4)44-52-22-13-17-27-66(52)85-73-82)57-32-28-49(39-60(57)63)50-29-35-67(83-9)61(40-50)70-58-33-30-53(75(5)6)41-68(58)86(10,11)69-42-54(76(7)8)31-34-59(69)70/h12-17,21-24,26-35,39-42,81-82H,1,3,18-20,25,36-38,43-46H2,2,4-11H3/p+1. The van der Waals surface area contributed by atoms with Gasteiger partial charge in [-0.3, -0.25) is 19.4 Å². The van der Waals surface area contributed by atoms with Crippen LogP contribution in [0.15, 0.2) is 181 Å². The van der Waals surface area contributed by atoms with Crippen molar-refractivity contribution in [3.63, 3.8) is 0 Å². The van der Waals surface area contributed by atoms with Gasteiger partial charge in [-0.2, -0.15) is 0 Å². The van der Waals surface area contributed by atoms with Crippen LogP contribution in [0.5, 0.6) is 17.2 Å². The first-order chi connectivity index (χ1) is 41.4. The molecule has 9 rings (SSSR count). The zero-order chi connectivity index (χ0) is 61.2. The Morgan fingerprint density at radius 1 is 0.640 bits per heavy atom. The first-order valence-corrected chi connectivity index (χ1v) is 32.6. The van der Waals surface area contributed by atoms with Gasteiger partial charge in [0.1, 0.15) is 39.4 Å². The Hall–Kier alpha value is -8.04. The minimum Gasteiger partial charge on any atom is -0.537 e. The summed E-state index contributed by atoms with van der Waals surface area (Å²) in [4.78, 5) is 32.5. The van der Waals surface area contributed by atoms with Crippen LogP contribution in [0.25, 0.3) is 38.2 Å². The van der Waals surface area contributed by atoms with Gasteiger partial charge in [0.2, 0.25) is 5.91 Å². The van der Waals surface area contributed by atoms with Gasteiger partial charge in [-0.05, 0) is 165 Å². The average molecular weight is 1170 g/mol. The molecule has 12 nitrogen and oxygen atoms in total. The van der Waals surface area contributed by atoms with E-state index < -0.39 is 8.07 Å². The number of allylic oxidation sites excluding steroid dienone is 6. The largest absolute Gasteiger partial charge is 0.569 e. The number of hydrogen-bond donors (Lipinski definition) is 3. The van der Waals surface area contributed by atoms with Gasteiger partial charge in [0.15, 0.2) is 11.5 Å². The molecule has 0 spiro atoms. The summed E-state index contributed by atoms with van der Waals surface area (Å²) in [6, 6.07) is 44.6. The summed E-state index contributed by atoms with van der Waals surface area (Å²) in [5.41, 5.74) is 14.2. The molecule has 2 radical (unpaired) electrons. The second-order valence-electron chi connectivity index (χ2n) is 23.6. The van der Waals surface area contributed by atoms with Crippen molar-refractivity contribution in [3.8, 4) is 28.4 Å². The summed E-state index contributed by atoms with van der Waals surface area (Å²) in [7, 11) is 9.37. The Morgan fingerprint density at radius 2 is 1.22 bits per heavy atom. The summed E-state index contributed by atoms with van der Waals surface area (Å²) in [6.45, 7) is 20.0. The summed E-state index contributed by atoms with van der Waals surface area (Å²) >= 11 is 0. The monoisotopic (exact) mass is 1160 g/mol. The molecule has 0 aromatic heterocycles. The number of unbranched alkanes of at least 4 members (excludes halogenated alkanes) is 1. The number of amides is 1. The summed E-state index contributed by atoms with van der Waals surface area (Å²) in [5, 5.41) is 29.9. The topological polar surface area (TPSA) is 127 Å². The van der Waals surface area contributed by atoms with Crippen LogP contribution >= 0.6 is 0 Å². The lowest BCUT2D eigenvalue weighted by atomic mass is 9.86. The number of hydrogen-bond acceptors (Lipinski definition) is 10. The molecule has 1 amide bonds. The molecular formula is C71H80B2N5O7Si+. The van der Waals surface area contributed by atoms with E-state index in [1.807, 2.05) is 48.5 Å². The lowest BCUT2D eigenvalue weighted by molar-refractivity contribution is -0.462. The number of methoxy groups -OCH3 is 1. The third-order valence-corrected chi connectivity index (χ3v) is 20.3. The van der Waals surface area contributed by atoms with E-state index in [9.17, 15) is 19.6 Å². The zero-order valence-corrected chi connectivity index (χ0v) is 52.4. The van der Waals surface area contributed by atoms with Crippen molar-refractivity contribution in [2.24, 2.45) is 0 Å². The van der Waals surface area contributed by atoms with Crippen molar-refractivity contribution < 1.29 is 38.3 Å². The Kier molecular flexibility index (Phi) is 20.3. The van der Waals surface area contributed by atoms with Crippen molar-refractivity contribution in [2.45, 2.75) is 78.8 Å². The number of carbonyl (C=O) groups is 2. The molecule has 1 aliphatic carbocycles. The van der Waals surface area contributed by atoms with Gasteiger partial charge in [-0.15, -0.1) is 0 Å². The number of rotatable bonds is 27. The van der Waals surface area contributed by atoms with Crippen LogP contribution < -0.4 is 29.4 Å². The van der Waals surface area contributed by atoms with Crippen LogP contribution in [0.1, 0.15) is 72.9 Å². The summed E-state index contributed by atoms with van der Waals surface area (Å²) in [5.74, 6) is 1.80. The summed E-state index contributed by atoms with van der Waals surface area (Å²) < 4.78 is 19.9. The first kappa shape index (κ1) is 62.5. The lowest BCUT2D eigenvalue weighted by Gasteiger charge is -2.38. The predicted molar refractivity (Wildman–Crippen MR) is 356 cm³/mol. The normalized spacial score (nSPS) is 13.3. The maximum absolute atomic E-state index is 12.9. The van der Waals surface area contributed by atoms with Gasteiger partial charge in [-0.25, -0.2) is 4.58 Å². The molecule has 1 heterocycles. The Balaban J connectivity index is 1.25. The van der Waals surface area contributed by atoms with Gasteiger partial charge in [0.25, 0.3) is 0 Å². The number of ether oxygens (including phenoxy) is 1. The third-order valence-electron chi connectivity index (χ3n) is 16.8. The molecule has 86 heavy (non-hydrogen) atoms. The van der Waals surface area contributed by atoms with Crippen LogP contribution in [-0.4, -0.2) is 120 Å². The number of nitrogens with zero attached hydrogens (tertiary/aromatic N) is 4. The number of fused-ring (bicyclic) bond motifs is 4. The Labute approximate surface area is 510 Å². The molecule has 7 aromatic rings. The molecule has 0 unspecified atom stereocenters. The summed E-state index contributed by atoms with van der Waals surface area (Å²) in [6.07, 6.45) is 9.50. The highest BCUT2D eigenvalue weighted by Crippen LogP contribution is 2.46. The molecule has 15 heteroatoms. The molecule has 1 aliphatic heterocycles. The van der Waals surface area contributed by atoms with Crippen LogP contribution in [0.4, 0.5) is 5.69 Å². The molecule has 0 fully saturated rings. The van der Waals surface area contributed by atoms with Crippen LogP contribution in [-0.2, 0) is 35.8 Å². The number of carbonyl (C=O) groups excluding carboxylic acids is 2. The average Bonchev–Trinajstić information content (AvgIpc) is 0.782. The van der Waals surface area contributed by atoms with Gasteiger partial charge < -0.3 is 34.3 Å². The van der Waals surface area contributed by atoms with E-state index in [2.05, 4.69) is 176 Å². The lowest BCUT2D eigenvalue weighted by Crippen LogP contribution is -2.49. The molecule has 2 aliphatic rings. The molecule has 3 N–H and O–H groups in total. The molecular weight excluding hydrogens is 1080 g/mol. The van der Waals surface area contributed by atoms with E-state index in [0.29, 0.717) is 87.7 Å². The van der Waals surface area contributed by atoms with Crippen LogP contribution in [0, 0.1) is 0 Å². The van der Waals surface area contributed by atoms with E-state index in [1.165, 1.54) is 32.9 Å². The molecule has 0 saturated carbocycles. The number of ketones is 1. The molecule has 440 valence electrons. The van der Waals surface area contributed by atoms with Crippen molar-refractivity contribution >= 4 is 78.8 Å². The minimum absolute atomic E-state index is 0.0712. The highest BCUT2D eigenvalue weighted by atomic mass is 28.3. The van der Waals surface area contributed by atoms with Gasteiger partial charge in [-0.1, -0.05) is 111 Å². The van der Waals surface area contributed by atoms with E-state index in [1.54, 1.807) is 21.0 Å². The van der Waals surface area contributed by atoms with Gasteiger partial charge in [0.05, 0.1) is 7.11 Å². The zero-order valence-electron chi connectivity index (χ0n) is 51.4. The Bertz CT molecular complexity index is 3860. The predicted octanol–water partition coefficient (Wildman–Crippen LogP) is 11.4. The van der Waals surface area contributed by atoms with E-state index >= 15 is 0 Å². The van der Waals surface area contributed by atoms with Crippen molar-refractivity contribution in [1.29, 1.82) is 0 Å². The molecule has 0 bridgehead atoms. The number of Topliss-reactive ketones (excluding diaryl/α,β-unsaturated/α-hetero) is 1. The number of nitrogens with one attached hydrogen (secondary N) is 1. The van der Waals surface area contributed by atoms with E-state index in [4.69, 9.17) is 14.0 Å². The van der Waals surface area contributed by atoms with Crippen molar-refractivity contribution in [1.82, 2.24) is 15.1 Å². The second-order valence-corrected chi connectivity index (χ2v) is 27.9. The Morgan fingerprint density at radius 3 is 1.81 bits per heavy atom. The second kappa shape index (κ2) is 28.0. The fourth-order valence-corrected chi connectivity index (χ4v) is 15.2. The maximum Gasteiger partial charge on any atom is 0.569 e. The van der Waals surface area contributed by atoms with Crippen LogP contribution in [0.3, 0.4) is 0 Å². The fourth-order valence-electron chi connectivity index (χ4n) is 12.1. The van der Waals surface area contributed by atoms with Crippen molar-refractivity contribution in [3.05, 3.63) is 214 Å². The maximum atomic E-state index is 12.9. The van der Waals surface area contributed by atoms with Gasteiger partial charge >= 0.3 is 15.4 Å². The third kappa shape index (κ3) is 13.9. The smallest absolute Gasteiger partial charge is 0.537 e. The highest BCUT2D eigenvalue weighted by Gasteiger charge is 2.41. The van der Waals surface area contributed by atoms with E-state index in [0.717, 1.165) is 93.6 Å². The molecule has 0 atom stereocenters. The quantitative estimate of drug-likeness (QED) is 0.0151. The SMILES string of the molecule is C=C(C)C(=O)CCCCN(Cc1ccccc1O[B]O)Cc1c2ccccc2c(CN(CCCNC(=O)C(=C)C)Cc2ccccc2O[B]O)c2ccc(-c3ccc(OC)c(C4=C5C=CC(=[N+](C)C)C=C5[Si](C)(C)c5cc(N(C)C)ccc54)c3)cc12. The van der Waals surface area contributed by atoms with Gasteiger partial charge in [0, 0.05) is 99.9 Å². The number of benzene rings is 7. The number of anilines is 1. The highest BCUT2D eigenvalue weighted by molar-refractivity contribution is 6.98. The minimum atomic E-state index is -2.26. The number of para-hydroxylation sites is 2. The fraction of sp³-hybridized carbons (Fsp3) is 0.282. The van der Waals surface area contributed by atoms with E-state index in [-0.39, 0.29) is 11.7 Å². The molecule has 7 aromatic carbocycles. The molecule has 0 saturated heterocycles. The van der Waals surface area contributed by atoms with Crippen LogP contribution in [0.2, 0.25) is 13.1 Å².